The normalized spacial score (nSPS) is 10.2. The van der Waals surface area contributed by atoms with E-state index in [1.165, 1.54) is 6.33 Å². The summed E-state index contributed by atoms with van der Waals surface area (Å²) in [4.78, 5) is 46.0. The lowest BCUT2D eigenvalue weighted by atomic mass is 10.2. The van der Waals surface area contributed by atoms with Gasteiger partial charge in [0.15, 0.2) is 0 Å². The molecular weight excluding hydrogens is 340 g/mol. The van der Waals surface area contributed by atoms with Crippen LogP contribution in [0.1, 0.15) is 5.69 Å². The maximum absolute atomic E-state index is 10.3. The van der Waals surface area contributed by atoms with Crippen molar-refractivity contribution >= 4 is 23.8 Å². The molecule has 0 aromatic carbocycles. The van der Waals surface area contributed by atoms with Crippen LogP contribution in [0.3, 0.4) is 0 Å². The van der Waals surface area contributed by atoms with E-state index in [4.69, 9.17) is 26.8 Å². The molecule has 1 aromatic heterocycles. The zero-order valence-corrected chi connectivity index (χ0v) is 13.2. The Morgan fingerprint density at radius 1 is 1.12 bits per heavy atom. The molecule has 0 spiro atoms. The zero-order chi connectivity index (χ0) is 19.8. The summed E-state index contributed by atoms with van der Waals surface area (Å²) in [7, 11) is 0. The molecule has 0 aliphatic carbocycles. The highest BCUT2D eigenvalue weighted by Gasteiger charge is 2.12. The summed E-state index contributed by atoms with van der Waals surface area (Å²) in [6, 6.07) is -0.863. The molecule has 0 saturated carbocycles. The molecule has 1 heterocycles. The minimum Gasteiger partial charge on any atom is -0.480 e. The quantitative estimate of drug-likeness (QED) is 0.236. The van der Waals surface area contributed by atoms with E-state index in [0.29, 0.717) is 5.69 Å². The van der Waals surface area contributed by atoms with Crippen LogP contribution in [0.25, 0.3) is 0 Å². The molecule has 13 nitrogen and oxygen atoms in total. The third kappa shape index (κ3) is 17.2. The average Bonchev–Trinajstić information content (AvgIpc) is 3.06. The van der Waals surface area contributed by atoms with Crippen molar-refractivity contribution in [3.8, 4) is 0 Å². The van der Waals surface area contributed by atoms with Crippen molar-refractivity contribution in [2.24, 2.45) is 17.2 Å². The van der Waals surface area contributed by atoms with Gasteiger partial charge in [-0.05, 0) is 0 Å². The van der Waals surface area contributed by atoms with E-state index in [1.54, 1.807) is 6.20 Å². The number of nitrogens with two attached hydrogens (primary N) is 3. The van der Waals surface area contributed by atoms with Gasteiger partial charge in [-0.3, -0.25) is 19.2 Å². The second-order valence-electron chi connectivity index (χ2n) is 4.18. The van der Waals surface area contributed by atoms with Crippen molar-refractivity contribution < 1.29 is 34.5 Å². The fourth-order valence-corrected chi connectivity index (χ4v) is 0.962. The first kappa shape index (κ1) is 24.2. The summed E-state index contributed by atoms with van der Waals surface area (Å²) in [6.07, 6.45) is 3.38. The lowest BCUT2D eigenvalue weighted by Crippen LogP contribution is -2.34. The smallest absolute Gasteiger partial charge is 0.322 e. The van der Waals surface area contributed by atoms with Crippen molar-refractivity contribution in [2.75, 3.05) is 19.6 Å². The molecule has 0 aliphatic rings. The summed E-state index contributed by atoms with van der Waals surface area (Å²) >= 11 is 0. The molecule has 0 aliphatic heterocycles. The Kier molecular flexibility index (Phi) is 14.1. The minimum atomic E-state index is -1.07. The zero-order valence-electron chi connectivity index (χ0n) is 13.2. The van der Waals surface area contributed by atoms with E-state index in [1.807, 2.05) is 0 Å². The molecule has 0 radical (unpaired) electrons. The number of aromatic nitrogens is 2. The Hall–Kier alpha value is -3.03. The lowest BCUT2D eigenvalue weighted by molar-refractivity contribution is -0.139. The van der Waals surface area contributed by atoms with Gasteiger partial charge in [0, 0.05) is 12.6 Å². The molecule has 0 saturated heterocycles. The number of carbonyl (C=O) groups is 4. The average molecular weight is 362 g/mol. The third-order valence-electron chi connectivity index (χ3n) is 2.10. The molecule has 1 atom stereocenters. The third-order valence-corrected chi connectivity index (χ3v) is 2.10. The molecule has 1 aromatic rings. The fraction of sp³-hybridized carbons (Fsp3) is 0.417. The van der Waals surface area contributed by atoms with E-state index < -0.39 is 29.9 Å². The van der Waals surface area contributed by atoms with Gasteiger partial charge in [-0.2, -0.15) is 0 Å². The lowest BCUT2D eigenvalue weighted by Gasteiger charge is -2.01. The standard InChI is InChI=1S/C6H9N3O2.C4H8N2O3.C2H5NO2/c7-5(6(10)11)1-4-2-8-3-9-4;5-1-3(7)6-2-4(8)9;3-1-2(4)5/h2-3,5H,1,7H2,(H,8,9)(H,10,11);1-2,5H2,(H,6,7)(H,8,9);1,3H2,(H,4,5). The van der Waals surface area contributed by atoms with Crippen LogP contribution in [0.2, 0.25) is 0 Å². The highest BCUT2D eigenvalue weighted by molar-refractivity contribution is 5.82. The van der Waals surface area contributed by atoms with E-state index in [-0.39, 0.29) is 26.1 Å². The van der Waals surface area contributed by atoms with Crippen molar-refractivity contribution in [1.82, 2.24) is 15.3 Å². The monoisotopic (exact) mass is 362 g/mol. The molecule has 1 rings (SSSR count). The van der Waals surface area contributed by atoms with Gasteiger partial charge in [0.25, 0.3) is 0 Å². The van der Waals surface area contributed by atoms with Crippen LogP contribution in [0.5, 0.6) is 0 Å². The topological polar surface area (TPSA) is 248 Å². The first-order chi connectivity index (χ1) is 11.6. The van der Waals surface area contributed by atoms with Gasteiger partial charge in [0.2, 0.25) is 5.91 Å². The molecule has 13 heteroatoms. The Morgan fingerprint density at radius 3 is 2.00 bits per heavy atom. The molecule has 11 N–H and O–H groups in total. The summed E-state index contributed by atoms with van der Waals surface area (Å²) < 4.78 is 0. The molecule has 0 bridgehead atoms. The number of rotatable bonds is 7. The first-order valence-electron chi connectivity index (χ1n) is 6.70. The Morgan fingerprint density at radius 2 is 1.68 bits per heavy atom. The van der Waals surface area contributed by atoms with Crippen LogP contribution in [0.15, 0.2) is 12.5 Å². The van der Waals surface area contributed by atoms with Gasteiger partial charge >= 0.3 is 17.9 Å². The SMILES string of the molecule is NC(Cc1c[nH]cn1)C(=O)O.NCC(=O)NCC(=O)O.NCC(=O)O. The molecular formula is C12H22N6O7. The van der Waals surface area contributed by atoms with E-state index in [2.05, 4.69) is 21.0 Å². The van der Waals surface area contributed by atoms with Gasteiger partial charge < -0.3 is 42.8 Å². The number of H-pyrrole nitrogens is 1. The van der Waals surface area contributed by atoms with Crippen LogP contribution in [0.4, 0.5) is 0 Å². The molecule has 1 amide bonds. The number of aromatic amines is 1. The van der Waals surface area contributed by atoms with Crippen LogP contribution in [-0.2, 0) is 25.6 Å². The van der Waals surface area contributed by atoms with Crippen LogP contribution >= 0.6 is 0 Å². The number of amides is 1. The minimum absolute atomic E-state index is 0.173. The second kappa shape index (κ2) is 14.6. The number of hydrogen-bond donors (Lipinski definition) is 8. The van der Waals surface area contributed by atoms with E-state index in [9.17, 15) is 19.2 Å². The van der Waals surface area contributed by atoms with Crippen LogP contribution in [0, 0.1) is 0 Å². The molecule has 25 heavy (non-hydrogen) atoms. The summed E-state index contributed by atoms with van der Waals surface area (Å²) in [5.41, 5.74) is 15.3. The summed E-state index contributed by atoms with van der Waals surface area (Å²) in [5.74, 6) is -3.51. The van der Waals surface area contributed by atoms with Gasteiger partial charge in [0.05, 0.1) is 25.1 Å². The van der Waals surface area contributed by atoms with Gasteiger partial charge in [-0.15, -0.1) is 0 Å². The predicted molar refractivity (Wildman–Crippen MR) is 84.3 cm³/mol. The van der Waals surface area contributed by atoms with Crippen LogP contribution in [-0.4, -0.2) is 74.8 Å². The molecule has 1 unspecified atom stereocenters. The second-order valence-corrected chi connectivity index (χ2v) is 4.18. The highest BCUT2D eigenvalue weighted by Crippen LogP contribution is 1.95. The number of carboxylic acid groups (broad SMARTS) is 3. The van der Waals surface area contributed by atoms with Crippen molar-refractivity contribution in [3.63, 3.8) is 0 Å². The number of nitrogens with one attached hydrogen (secondary N) is 2. The van der Waals surface area contributed by atoms with E-state index in [0.717, 1.165) is 0 Å². The number of nitrogens with zero attached hydrogens (tertiary/aromatic N) is 1. The van der Waals surface area contributed by atoms with Crippen molar-refractivity contribution in [2.45, 2.75) is 12.5 Å². The van der Waals surface area contributed by atoms with Gasteiger partial charge in [-0.25, -0.2) is 4.98 Å². The number of imidazole rings is 1. The highest BCUT2D eigenvalue weighted by atomic mass is 16.4. The maximum Gasteiger partial charge on any atom is 0.322 e. The summed E-state index contributed by atoms with van der Waals surface area (Å²) in [5, 5.41) is 26.1. The molecule has 142 valence electrons. The Balaban J connectivity index is 0. The first-order valence-corrected chi connectivity index (χ1v) is 6.70. The molecule has 0 fully saturated rings. The number of hydrogen-bond acceptors (Lipinski definition) is 8. The number of carboxylic acids is 3. The van der Waals surface area contributed by atoms with Gasteiger partial charge in [-0.1, -0.05) is 0 Å². The Labute approximate surface area is 142 Å². The van der Waals surface area contributed by atoms with Crippen molar-refractivity contribution in [3.05, 3.63) is 18.2 Å². The fourth-order valence-electron chi connectivity index (χ4n) is 0.962. The summed E-state index contributed by atoms with van der Waals surface area (Å²) in [6.45, 7) is -0.816. The number of aliphatic carboxylic acids is 3. The van der Waals surface area contributed by atoms with Crippen molar-refractivity contribution in [1.29, 1.82) is 0 Å². The van der Waals surface area contributed by atoms with Crippen LogP contribution < -0.4 is 22.5 Å². The maximum atomic E-state index is 10.3. The predicted octanol–water partition coefficient (Wildman–Crippen LogP) is -3.46. The van der Waals surface area contributed by atoms with E-state index >= 15 is 0 Å². The van der Waals surface area contributed by atoms with Gasteiger partial charge in [0.1, 0.15) is 12.6 Å². The number of carbonyl (C=O) groups excluding carboxylic acids is 1. The largest absolute Gasteiger partial charge is 0.480 e. The Bertz CT molecular complexity index is 534.